The molecule has 1 aliphatic carbocycles. The lowest BCUT2D eigenvalue weighted by atomic mass is 10.1. The molecular weight excluding hydrogens is 474 g/mol. The number of aryl methyl sites for hydroxylation is 1. The predicted octanol–water partition coefficient (Wildman–Crippen LogP) is 3.18. The van der Waals surface area contributed by atoms with Crippen molar-refractivity contribution in [3.05, 3.63) is 41.7 Å². The largest absolute Gasteiger partial charge is 0.490 e. The van der Waals surface area contributed by atoms with Gasteiger partial charge in [0.05, 0.1) is 12.6 Å². The van der Waals surface area contributed by atoms with Gasteiger partial charge in [-0.3, -0.25) is 4.68 Å². The number of rotatable bonds is 8. The molecule has 1 heterocycles. The van der Waals surface area contributed by atoms with Crippen LogP contribution in [-0.2, 0) is 13.6 Å². The lowest BCUT2D eigenvalue weighted by molar-refractivity contribution is 0.285. The van der Waals surface area contributed by atoms with Crippen LogP contribution in [0.4, 0.5) is 4.39 Å². The molecule has 7 nitrogen and oxygen atoms in total. The number of aromatic nitrogens is 3. The normalized spacial score (nSPS) is 14.9. The molecule has 1 atom stereocenters. The maximum atomic E-state index is 14.3. The minimum absolute atomic E-state index is 0. The van der Waals surface area contributed by atoms with E-state index in [0.717, 1.165) is 17.9 Å². The van der Waals surface area contributed by atoms with Gasteiger partial charge in [-0.2, -0.15) is 5.10 Å². The molecule has 28 heavy (non-hydrogen) atoms. The summed E-state index contributed by atoms with van der Waals surface area (Å²) in [5.41, 5.74) is 0.829. The third-order valence-corrected chi connectivity index (χ3v) is 4.51. The maximum absolute atomic E-state index is 14.3. The number of nitrogens with one attached hydrogen (secondary N) is 2. The molecule has 0 radical (unpaired) electrons. The average Bonchev–Trinajstić information content (AvgIpc) is 3.39. The molecule has 2 aromatic rings. The minimum atomic E-state index is -0.331. The fourth-order valence-corrected chi connectivity index (χ4v) is 2.62. The zero-order chi connectivity index (χ0) is 19.2. The van der Waals surface area contributed by atoms with Crippen LogP contribution in [0.3, 0.4) is 0 Å². The number of nitrogens with zero attached hydrogens (tertiary/aromatic N) is 4. The average molecular weight is 502 g/mol. The molecule has 0 bridgehead atoms. The van der Waals surface area contributed by atoms with E-state index in [1.54, 1.807) is 10.7 Å². The van der Waals surface area contributed by atoms with E-state index < -0.39 is 0 Å². The van der Waals surface area contributed by atoms with Crippen molar-refractivity contribution < 1.29 is 9.13 Å². The first-order valence-corrected chi connectivity index (χ1v) is 9.36. The van der Waals surface area contributed by atoms with Crippen molar-refractivity contribution in [1.82, 2.24) is 25.4 Å². The van der Waals surface area contributed by atoms with Crippen LogP contribution in [0.15, 0.2) is 29.5 Å². The van der Waals surface area contributed by atoms with Gasteiger partial charge in [-0.25, -0.2) is 14.4 Å². The number of guanidine groups is 1. The zero-order valence-corrected chi connectivity index (χ0v) is 18.8. The van der Waals surface area contributed by atoms with E-state index in [1.807, 2.05) is 27.0 Å². The van der Waals surface area contributed by atoms with E-state index in [2.05, 4.69) is 25.7 Å². The summed E-state index contributed by atoms with van der Waals surface area (Å²) in [4.78, 5) is 8.70. The number of hydrogen-bond donors (Lipinski definition) is 2. The smallest absolute Gasteiger partial charge is 0.192 e. The maximum Gasteiger partial charge on any atom is 0.192 e. The summed E-state index contributed by atoms with van der Waals surface area (Å²) < 4.78 is 21.6. The van der Waals surface area contributed by atoms with Crippen molar-refractivity contribution >= 4 is 29.9 Å². The SMILES string of the molecule is CCNC(=NCc1ncnn1C)NC(C)c1ccc(OCC2CC2)c(F)c1.I. The molecule has 1 fully saturated rings. The highest BCUT2D eigenvalue weighted by Crippen LogP contribution is 2.30. The Morgan fingerprint density at radius 2 is 2.21 bits per heavy atom. The molecule has 2 N–H and O–H groups in total. The van der Waals surface area contributed by atoms with Gasteiger partial charge in [0.1, 0.15) is 18.7 Å². The van der Waals surface area contributed by atoms with E-state index in [4.69, 9.17) is 4.74 Å². The van der Waals surface area contributed by atoms with Crippen LogP contribution < -0.4 is 15.4 Å². The highest BCUT2D eigenvalue weighted by molar-refractivity contribution is 14.0. The Morgan fingerprint density at radius 1 is 1.43 bits per heavy atom. The molecule has 9 heteroatoms. The summed E-state index contributed by atoms with van der Waals surface area (Å²) in [7, 11) is 1.83. The van der Waals surface area contributed by atoms with Gasteiger partial charge in [-0.15, -0.1) is 24.0 Å². The molecular formula is C19H28FIN6O. The van der Waals surface area contributed by atoms with Crippen LogP contribution in [0.5, 0.6) is 5.75 Å². The molecule has 1 aliphatic rings. The van der Waals surface area contributed by atoms with Gasteiger partial charge >= 0.3 is 0 Å². The molecule has 3 rings (SSSR count). The number of benzene rings is 1. The van der Waals surface area contributed by atoms with Crippen molar-refractivity contribution in [3.8, 4) is 5.75 Å². The van der Waals surface area contributed by atoms with Crippen LogP contribution >= 0.6 is 24.0 Å². The van der Waals surface area contributed by atoms with Crippen LogP contribution in [0, 0.1) is 11.7 Å². The fraction of sp³-hybridized carbons (Fsp3) is 0.526. The van der Waals surface area contributed by atoms with Crippen LogP contribution in [-0.4, -0.2) is 33.9 Å². The molecule has 1 saturated carbocycles. The van der Waals surface area contributed by atoms with Gasteiger partial charge in [0, 0.05) is 13.6 Å². The summed E-state index contributed by atoms with van der Waals surface area (Å²) in [5.74, 6) is 1.99. The molecule has 1 aromatic heterocycles. The minimum Gasteiger partial charge on any atom is -0.490 e. The summed E-state index contributed by atoms with van der Waals surface area (Å²) in [6.45, 7) is 5.69. The Morgan fingerprint density at radius 3 is 2.82 bits per heavy atom. The van der Waals surface area contributed by atoms with Crippen molar-refractivity contribution in [3.63, 3.8) is 0 Å². The quantitative estimate of drug-likeness (QED) is 0.330. The monoisotopic (exact) mass is 502 g/mol. The van der Waals surface area contributed by atoms with E-state index in [-0.39, 0.29) is 35.8 Å². The first-order valence-electron chi connectivity index (χ1n) is 9.36. The molecule has 0 aliphatic heterocycles. The van der Waals surface area contributed by atoms with Crippen LogP contribution in [0.2, 0.25) is 0 Å². The van der Waals surface area contributed by atoms with Gasteiger partial charge in [-0.1, -0.05) is 6.07 Å². The van der Waals surface area contributed by atoms with Crippen molar-refractivity contribution in [1.29, 1.82) is 0 Å². The Labute approximate surface area is 182 Å². The van der Waals surface area contributed by atoms with Crippen molar-refractivity contribution in [2.75, 3.05) is 13.2 Å². The second kappa shape index (κ2) is 10.6. The van der Waals surface area contributed by atoms with Gasteiger partial charge in [-0.05, 0) is 50.3 Å². The number of ether oxygens (including phenoxy) is 1. The van der Waals surface area contributed by atoms with E-state index in [9.17, 15) is 4.39 Å². The van der Waals surface area contributed by atoms with E-state index >= 15 is 0 Å². The first-order chi connectivity index (χ1) is 13.1. The Balaban J connectivity index is 0.00000280. The van der Waals surface area contributed by atoms with Crippen LogP contribution in [0.1, 0.15) is 44.1 Å². The summed E-state index contributed by atoms with van der Waals surface area (Å²) in [6.07, 6.45) is 3.87. The van der Waals surface area contributed by atoms with E-state index in [1.165, 1.54) is 25.2 Å². The molecule has 0 spiro atoms. The van der Waals surface area contributed by atoms with Gasteiger partial charge in [0.2, 0.25) is 0 Å². The van der Waals surface area contributed by atoms with E-state index in [0.29, 0.717) is 30.8 Å². The van der Waals surface area contributed by atoms with Gasteiger partial charge in [0.15, 0.2) is 17.5 Å². The summed E-state index contributed by atoms with van der Waals surface area (Å²) in [6, 6.07) is 4.99. The first kappa shape index (κ1) is 22.4. The van der Waals surface area contributed by atoms with Crippen molar-refractivity contribution in [2.24, 2.45) is 18.0 Å². The molecule has 0 saturated heterocycles. The lowest BCUT2D eigenvalue weighted by Crippen LogP contribution is -2.38. The number of aliphatic imine (C=N–C) groups is 1. The Hall–Kier alpha value is -1.91. The second-order valence-electron chi connectivity index (χ2n) is 6.81. The molecule has 154 valence electrons. The molecule has 1 unspecified atom stereocenters. The van der Waals surface area contributed by atoms with Crippen molar-refractivity contribution in [2.45, 2.75) is 39.3 Å². The highest BCUT2D eigenvalue weighted by Gasteiger charge is 2.22. The molecule has 0 amide bonds. The third-order valence-electron chi connectivity index (χ3n) is 4.51. The standard InChI is InChI=1S/C19H27FN6O.HI/c1-4-21-19(22-10-18-23-12-24-26(18)3)25-13(2)15-7-8-17(16(20)9-15)27-11-14-5-6-14;/h7-9,12-14H,4-6,10-11H2,1-3H3,(H2,21,22,25);1H. The number of hydrogen-bond acceptors (Lipinski definition) is 4. The Bertz CT molecular complexity index is 792. The summed E-state index contributed by atoms with van der Waals surface area (Å²) in [5, 5.41) is 10.5. The lowest BCUT2D eigenvalue weighted by Gasteiger charge is -2.19. The molecule has 1 aromatic carbocycles. The summed E-state index contributed by atoms with van der Waals surface area (Å²) >= 11 is 0. The van der Waals surface area contributed by atoms with Crippen LogP contribution in [0.25, 0.3) is 0 Å². The Kier molecular flexibility index (Phi) is 8.46. The van der Waals surface area contributed by atoms with Gasteiger partial charge in [0.25, 0.3) is 0 Å². The fourth-order valence-electron chi connectivity index (χ4n) is 2.62. The number of halogens is 2. The predicted molar refractivity (Wildman–Crippen MR) is 117 cm³/mol. The zero-order valence-electron chi connectivity index (χ0n) is 16.5. The van der Waals surface area contributed by atoms with Gasteiger partial charge < -0.3 is 15.4 Å². The second-order valence-corrected chi connectivity index (χ2v) is 6.81. The highest BCUT2D eigenvalue weighted by atomic mass is 127. The third kappa shape index (κ3) is 6.32. The topological polar surface area (TPSA) is 76.4 Å².